The van der Waals surface area contributed by atoms with E-state index in [-0.39, 0.29) is 6.04 Å². The lowest BCUT2D eigenvalue weighted by molar-refractivity contribution is 0.267. The van der Waals surface area contributed by atoms with Gasteiger partial charge in [0.2, 0.25) is 0 Å². The zero-order chi connectivity index (χ0) is 12.3. The van der Waals surface area contributed by atoms with Crippen molar-refractivity contribution in [1.82, 2.24) is 4.90 Å². The van der Waals surface area contributed by atoms with E-state index in [4.69, 9.17) is 11.6 Å². The average Bonchev–Trinajstić information content (AvgIpc) is 2.15. The van der Waals surface area contributed by atoms with Gasteiger partial charge in [0.15, 0.2) is 0 Å². The topological polar surface area (TPSA) is 3.24 Å². The minimum atomic E-state index is -4.80. The Kier molecular flexibility index (Phi) is 4.27. The van der Waals surface area contributed by atoms with Gasteiger partial charge in [0.05, 0.1) is 0 Å². The summed E-state index contributed by atoms with van der Waals surface area (Å²) in [6.45, 7) is -3.09. The van der Waals surface area contributed by atoms with E-state index in [0.717, 1.165) is 0 Å². The van der Waals surface area contributed by atoms with Gasteiger partial charge in [-0.15, -0.1) is 0 Å². The fourth-order valence-electron chi connectivity index (χ4n) is 1.54. The third-order valence-corrected chi connectivity index (χ3v) is 2.86. The van der Waals surface area contributed by atoms with Gasteiger partial charge in [-0.3, -0.25) is 0 Å². The largest absolute Gasteiger partial charge is 0.492 e. The molecule has 0 radical (unpaired) electrons. The maximum Gasteiger partial charge on any atom is 0.492 e. The second kappa shape index (κ2) is 5.10. The Morgan fingerprint density at radius 3 is 2.38 bits per heavy atom. The first kappa shape index (κ1) is 13.4. The molecule has 1 rings (SSSR count). The van der Waals surface area contributed by atoms with Crippen molar-refractivity contribution in [2.45, 2.75) is 13.0 Å². The van der Waals surface area contributed by atoms with Crippen molar-refractivity contribution in [2.75, 3.05) is 13.5 Å². The van der Waals surface area contributed by atoms with Crippen LogP contribution < -0.4 is 0 Å². The van der Waals surface area contributed by atoms with Crippen molar-refractivity contribution in [2.24, 2.45) is 0 Å². The Balaban J connectivity index is 2.78. The maximum absolute atomic E-state index is 12.3. The van der Waals surface area contributed by atoms with Gasteiger partial charge in [0.1, 0.15) is 0 Å². The summed E-state index contributed by atoms with van der Waals surface area (Å²) in [7, 11) is 1.45. The summed E-state index contributed by atoms with van der Waals surface area (Å²) < 4.78 is 36.8. The number of hydrogen-bond acceptors (Lipinski definition) is 1. The molecule has 0 N–H and O–H groups in total. The highest BCUT2D eigenvalue weighted by atomic mass is 35.5. The molecule has 6 heteroatoms. The molecular formula is C10H13BClF3N-. The van der Waals surface area contributed by atoms with Crippen LogP contribution in [0.2, 0.25) is 5.02 Å². The lowest BCUT2D eigenvalue weighted by atomic mass is 9.90. The highest BCUT2D eigenvalue weighted by Crippen LogP contribution is 2.27. The summed E-state index contributed by atoms with van der Waals surface area (Å²) in [5.74, 6) is 0. The zero-order valence-corrected chi connectivity index (χ0v) is 9.89. The van der Waals surface area contributed by atoms with Gasteiger partial charge >= 0.3 is 6.98 Å². The van der Waals surface area contributed by atoms with Crippen LogP contribution in [0.25, 0.3) is 0 Å². The molecule has 0 saturated carbocycles. The highest BCUT2D eigenvalue weighted by Gasteiger charge is 2.27. The van der Waals surface area contributed by atoms with Crippen molar-refractivity contribution in [3.63, 3.8) is 0 Å². The molecule has 0 spiro atoms. The molecule has 0 aromatic heterocycles. The minimum Gasteiger partial charge on any atom is -0.448 e. The molecule has 0 aliphatic rings. The summed E-state index contributed by atoms with van der Waals surface area (Å²) in [5.41, 5.74) is 0.715. The monoisotopic (exact) mass is 250 g/mol. The third-order valence-electron chi connectivity index (χ3n) is 2.51. The first-order valence-corrected chi connectivity index (χ1v) is 5.34. The first-order chi connectivity index (χ1) is 7.31. The number of hydrogen-bond donors (Lipinski definition) is 0. The van der Waals surface area contributed by atoms with Crippen LogP contribution in [0, 0.1) is 0 Å². The van der Waals surface area contributed by atoms with Crippen molar-refractivity contribution in [1.29, 1.82) is 0 Å². The van der Waals surface area contributed by atoms with Gasteiger partial charge in [-0.05, 0) is 32.0 Å². The molecule has 0 heterocycles. The normalized spacial score (nSPS) is 14.2. The first-order valence-electron chi connectivity index (χ1n) is 4.97. The van der Waals surface area contributed by atoms with Crippen molar-refractivity contribution >= 4 is 18.6 Å². The fourth-order valence-corrected chi connectivity index (χ4v) is 1.83. The average molecular weight is 250 g/mol. The minimum absolute atomic E-state index is 0.350. The third kappa shape index (κ3) is 3.72. The summed E-state index contributed by atoms with van der Waals surface area (Å²) >= 11 is 5.93. The van der Waals surface area contributed by atoms with Gasteiger partial charge < -0.3 is 17.8 Å². The molecule has 0 saturated heterocycles. The molecule has 1 aromatic carbocycles. The number of halogens is 4. The lowest BCUT2D eigenvalue weighted by Crippen LogP contribution is -2.37. The Morgan fingerprint density at radius 1 is 1.31 bits per heavy atom. The van der Waals surface area contributed by atoms with E-state index in [2.05, 4.69) is 0 Å². The molecule has 1 unspecified atom stereocenters. The molecular weight excluding hydrogens is 237 g/mol. The van der Waals surface area contributed by atoms with E-state index in [1.165, 1.54) is 11.9 Å². The number of benzene rings is 1. The van der Waals surface area contributed by atoms with Gasteiger partial charge in [-0.1, -0.05) is 29.8 Å². The van der Waals surface area contributed by atoms with Crippen molar-refractivity contribution in [3.05, 3.63) is 34.9 Å². The van der Waals surface area contributed by atoms with Crippen LogP contribution in [0.15, 0.2) is 24.3 Å². The molecule has 0 aliphatic heterocycles. The SMILES string of the molecule is CC(c1ccccc1Cl)N(C)C[B-](F)(F)F. The van der Waals surface area contributed by atoms with E-state index in [9.17, 15) is 12.9 Å². The van der Waals surface area contributed by atoms with E-state index in [0.29, 0.717) is 10.6 Å². The fraction of sp³-hybridized carbons (Fsp3) is 0.400. The molecule has 16 heavy (non-hydrogen) atoms. The summed E-state index contributed by atoms with van der Waals surface area (Å²) in [4.78, 5) is 1.25. The van der Waals surface area contributed by atoms with Crippen LogP contribution in [0.5, 0.6) is 0 Å². The van der Waals surface area contributed by atoms with Crippen LogP contribution in [0.4, 0.5) is 12.9 Å². The van der Waals surface area contributed by atoms with Crippen LogP contribution in [0.3, 0.4) is 0 Å². The van der Waals surface area contributed by atoms with Crippen molar-refractivity contribution in [3.8, 4) is 0 Å². The molecule has 0 fully saturated rings. The predicted molar refractivity (Wildman–Crippen MR) is 61.6 cm³/mol. The Morgan fingerprint density at radius 2 is 1.88 bits per heavy atom. The summed E-state index contributed by atoms with van der Waals surface area (Å²) in [6.07, 6.45) is -0.883. The molecule has 0 aliphatic carbocycles. The molecule has 1 aromatic rings. The van der Waals surface area contributed by atoms with Gasteiger partial charge in [-0.25, -0.2) is 0 Å². The highest BCUT2D eigenvalue weighted by molar-refractivity contribution is 6.58. The quantitative estimate of drug-likeness (QED) is 0.736. The standard InChI is InChI=1S/C10H13BClF3N/c1-8(16(2)7-11(13,14)15)9-5-3-4-6-10(9)12/h3-6,8H,7H2,1-2H3/q-1. The van der Waals surface area contributed by atoms with Crippen molar-refractivity contribution < 1.29 is 12.9 Å². The smallest absolute Gasteiger partial charge is 0.448 e. The molecule has 0 bridgehead atoms. The van der Waals surface area contributed by atoms with E-state index in [1.807, 2.05) is 0 Å². The number of rotatable bonds is 4. The van der Waals surface area contributed by atoms with Crippen LogP contribution in [-0.2, 0) is 0 Å². The van der Waals surface area contributed by atoms with E-state index >= 15 is 0 Å². The van der Waals surface area contributed by atoms with E-state index in [1.54, 1.807) is 31.2 Å². The Labute approximate surface area is 98.3 Å². The van der Waals surface area contributed by atoms with E-state index < -0.39 is 13.4 Å². The van der Waals surface area contributed by atoms with Crippen LogP contribution in [-0.4, -0.2) is 25.4 Å². The Hall–Kier alpha value is -0.675. The maximum atomic E-state index is 12.3. The summed E-state index contributed by atoms with van der Waals surface area (Å²) in [6, 6.07) is 6.60. The second-order valence-corrected chi connectivity index (χ2v) is 4.25. The lowest BCUT2D eigenvalue weighted by Gasteiger charge is -2.30. The molecule has 0 amide bonds. The summed E-state index contributed by atoms with van der Waals surface area (Å²) in [5, 5.41) is 0.497. The Bertz CT molecular complexity index is 356. The zero-order valence-electron chi connectivity index (χ0n) is 9.13. The molecule has 90 valence electrons. The second-order valence-electron chi connectivity index (χ2n) is 3.85. The van der Waals surface area contributed by atoms with Crippen LogP contribution in [0.1, 0.15) is 18.5 Å². The van der Waals surface area contributed by atoms with Gasteiger partial charge in [-0.2, -0.15) is 0 Å². The molecule has 1 atom stereocenters. The molecule has 1 nitrogen and oxygen atoms in total. The van der Waals surface area contributed by atoms with Gasteiger partial charge in [0, 0.05) is 11.1 Å². The number of nitrogens with zero attached hydrogens (tertiary/aromatic N) is 1. The van der Waals surface area contributed by atoms with Crippen LogP contribution >= 0.6 is 11.6 Å². The predicted octanol–water partition coefficient (Wildman–Crippen LogP) is 3.72. The van der Waals surface area contributed by atoms with Gasteiger partial charge in [0.25, 0.3) is 0 Å².